The molecule has 2 aromatic carbocycles. The number of benzene rings is 2. The Morgan fingerprint density at radius 1 is 1.04 bits per heavy atom. The van der Waals surface area contributed by atoms with E-state index in [1.54, 1.807) is 72.6 Å². The first kappa shape index (κ1) is 33.2. The molecule has 13 heteroatoms. The maximum atomic E-state index is 14.2. The SMILES string of the molecule is Cc1cc(C(=O)Nc2cccc(C#Cc3cncc(C(=O)N=[S@@](=O)(CCCN4C[C@@H](O)C[C@@H]4C(=O)O)c4ccccc4)c3)c2)n(C)n1. The number of aliphatic carboxylic acids is 1. The number of aryl methyl sites for hydroxylation is 2. The van der Waals surface area contributed by atoms with Crippen LogP contribution >= 0.6 is 0 Å². The van der Waals surface area contributed by atoms with Crippen LogP contribution in [0.3, 0.4) is 0 Å². The van der Waals surface area contributed by atoms with Gasteiger partial charge in [0.25, 0.3) is 11.8 Å². The van der Waals surface area contributed by atoms with Crippen LogP contribution in [0.15, 0.2) is 88.4 Å². The van der Waals surface area contributed by atoms with Crippen LogP contribution in [0.4, 0.5) is 5.69 Å². The number of aromatic nitrogens is 3. The van der Waals surface area contributed by atoms with Crippen LogP contribution < -0.4 is 5.32 Å². The molecule has 0 unspecified atom stereocenters. The van der Waals surface area contributed by atoms with Crippen LogP contribution in [0.25, 0.3) is 0 Å². The molecule has 242 valence electrons. The molecule has 1 saturated heterocycles. The van der Waals surface area contributed by atoms with Crippen molar-refractivity contribution in [2.24, 2.45) is 11.4 Å². The van der Waals surface area contributed by atoms with Gasteiger partial charge in [-0.15, -0.1) is 0 Å². The number of carboxylic acid groups (broad SMARTS) is 1. The lowest BCUT2D eigenvalue weighted by Crippen LogP contribution is -2.37. The first-order chi connectivity index (χ1) is 22.5. The van der Waals surface area contributed by atoms with Crippen LogP contribution in [0, 0.1) is 18.8 Å². The van der Waals surface area contributed by atoms with Gasteiger partial charge in [-0.2, -0.15) is 9.46 Å². The summed E-state index contributed by atoms with van der Waals surface area (Å²) in [4.78, 5) is 43.8. The third-order valence-electron chi connectivity index (χ3n) is 7.57. The molecule has 0 saturated carbocycles. The van der Waals surface area contributed by atoms with E-state index in [4.69, 9.17) is 0 Å². The Bertz CT molecular complexity index is 1990. The number of nitrogens with zero attached hydrogens (tertiary/aromatic N) is 5. The fraction of sp³-hybridized carbons (Fsp3) is 0.265. The lowest BCUT2D eigenvalue weighted by molar-refractivity contribution is -0.142. The quantitative estimate of drug-likeness (QED) is 0.229. The molecule has 0 radical (unpaired) electrons. The van der Waals surface area contributed by atoms with E-state index in [0.717, 1.165) is 5.69 Å². The Balaban J connectivity index is 1.32. The molecule has 0 bridgehead atoms. The molecular weight excluding hydrogens is 620 g/mol. The number of anilines is 1. The summed E-state index contributed by atoms with van der Waals surface area (Å²) >= 11 is 0. The average Bonchev–Trinajstić information content (AvgIpc) is 3.60. The van der Waals surface area contributed by atoms with Crippen molar-refractivity contribution >= 4 is 33.2 Å². The van der Waals surface area contributed by atoms with E-state index in [0.29, 0.717) is 33.8 Å². The van der Waals surface area contributed by atoms with Gasteiger partial charge in [-0.1, -0.05) is 36.1 Å². The number of carbonyl (C=O) groups is 3. The number of hydrogen-bond acceptors (Lipinski definition) is 8. The predicted molar refractivity (Wildman–Crippen MR) is 175 cm³/mol. The van der Waals surface area contributed by atoms with Crippen LogP contribution in [-0.2, 0) is 21.6 Å². The number of likely N-dealkylation sites (tertiary alicyclic amines) is 1. The highest BCUT2D eigenvalue weighted by Gasteiger charge is 2.35. The van der Waals surface area contributed by atoms with Gasteiger partial charge >= 0.3 is 5.97 Å². The maximum absolute atomic E-state index is 14.2. The molecule has 0 aliphatic carbocycles. The minimum atomic E-state index is -3.23. The van der Waals surface area contributed by atoms with Crippen LogP contribution in [-0.4, -0.2) is 82.9 Å². The Kier molecular flexibility index (Phi) is 10.3. The number of pyridine rings is 1. The molecule has 3 heterocycles. The molecule has 3 N–H and O–H groups in total. The number of carboxylic acids is 1. The normalized spacial score (nSPS) is 17.3. The number of nitrogens with one attached hydrogen (secondary N) is 1. The number of β-amino-alcohol motifs (C(OH)–C–C–N with tert-alkyl or cyclic N) is 1. The van der Waals surface area contributed by atoms with Crippen LogP contribution in [0.2, 0.25) is 0 Å². The zero-order valence-corrected chi connectivity index (χ0v) is 26.7. The van der Waals surface area contributed by atoms with E-state index in [2.05, 4.69) is 31.6 Å². The first-order valence-corrected chi connectivity index (χ1v) is 16.6. The van der Waals surface area contributed by atoms with Gasteiger partial charge < -0.3 is 15.5 Å². The van der Waals surface area contributed by atoms with Crippen molar-refractivity contribution in [2.75, 3.05) is 24.2 Å². The Labute approximate surface area is 272 Å². The largest absolute Gasteiger partial charge is 0.480 e. The number of carbonyl (C=O) groups excluding carboxylic acids is 2. The standard InChI is InChI=1S/C34H34N6O6S/c1-23-16-30(39(2)37-23)33(43)36-27-9-6-8-24(18-27)12-13-25-17-26(21-35-20-25)32(42)38-47(46,29-10-4-3-5-11-29)15-7-14-40-22-28(41)19-31(40)34(44)45/h3-6,8-11,16-18,20-21,28,31,41H,7,14-15,19,22H2,1-2H3,(H,36,43)(H,44,45)/t28-,31+,47+/m0/s1. The monoisotopic (exact) mass is 654 g/mol. The lowest BCUT2D eigenvalue weighted by atomic mass is 10.1. The summed E-state index contributed by atoms with van der Waals surface area (Å²) < 4.78 is 19.9. The molecule has 5 rings (SSSR count). The molecule has 1 aliphatic heterocycles. The Morgan fingerprint density at radius 2 is 1.81 bits per heavy atom. The van der Waals surface area contributed by atoms with Crippen molar-refractivity contribution < 1.29 is 28.8 Å². The van der Waals surface area contributed by atoms with Gasteiger partial charge in [-0.05, 0) is 55.8 Å². The van der Waals surface area contributed by atoms with E-state index in [-0.39, 0.29) is 36.7 Å². The van der Waals surface area contributed by atoms with E-state index in [1.807, 2.05) is 6.92 Å². The fourth-order valence-corrected chi connectivity index (χ4v) is 7.25. The van der Waals surface area contributed by atoms with E-state index in [9.17, 15) is 28.8 Å². The van der Waals surface area contributed by atoms with Crippen molar-refractivity contribution in [1.29, 1.82) is 0 Å². The highest BCUT2D eigenvalue weighted by Crippen LogP contribution is 2.21. The molecule has 0 spiro atoms. The first-order valence-electron chi connectivity index (χ1n) is 14.9. The summed E-state index contributed by atoms with van der Waals surface area (Å²) in [6.45, 7) is 2.30. The van der Waals surface area contributed by atoms with Crippen LogP contribution in [0.5, 0.6) is 0 Å². The van der Waals surface area contributed by atoms with Gasteiger partial charge in [-0.25, -0.2) is 4.21 Å². The zero-order valence-electron chi connectivity index (χ0n) is 25.9. The number of rotatable bonds is 9. The van der Waals surface area contributed by atoms with Crippen molar-refractivity contribution in [3.05, 3.63) is 107 Å². The topological polar surface area (TPSA) is 167 Å². The lowest BCUT2D eigenvalue weighted by Gasteiger charge is -2.21. The Hall–Kier alpha value is -5.16. The maximum Gasteiger partial charge on any atom is 0.321 e. The van der Waals surface area contributed by atoms with Gasteiger partial charge in [0.2, 0.25) is 0 Å². The van der Waals surface area contributed by atoms with E-state index < -0.39 is 33.8 Å². The molecular formula is C34H34N6O6S. The average molecular weight is 655 g/mol. The fourth-order valence-electron chi connectivity index (χ4n) is 5.35. The number of aliphatic hydroxyl groups is 1. The highest BCUT2D eigenvalue weighted by atomic mass is 32.2. The summed E-state index contributed by atoms with van der Waals surface area (Å²) in [5, 5.41) is 26.5. The summed E-state index contributed by atoms with van der Waals surface area (Å²) in [7, 11) is -1.53. The molecule has 1 aliphatic rings. The van der Waals surface area contributed by atoms with Crippen molar-refractivity contribution in [3.8, 4) is 11.8 Å². The number of hydrogen-bond donors (Lipinski definition) is 3. The summed E-state index contributed by atoms with van der Waals surface area (Å²) in [6.07, 6.45) is 2.52. The van der Waals surface area contributed by atoms with E-state index in [1.165, 1.54) is 23.1 Å². The molecule has 3 atom stereocenters. The smallest absolute Gasteiger partial charge is 0.321 e. The van der Waals surface area contributed by atoms with Gasteiger partial charge in [-0.3, -0.25) is 28.9 Å². The van der Waals surface area contributed by atoms with Gasteiger partial charge in [0, 0.05) is 66.4 Å². The molecule has 1 fully saturated rings. The molecule has 2 aromatic heterocycles. The highest BCUT2D eigenvalue weighted by molar-refractivity contribution is 7.94. The minimum absolute atomic E-state index is 0.0156. The zero-order chi connectivity index (χ0) is 33.6. The molecule has 47 heavy (non-hydrogen) atoms. The second kappa shape index (κ2) is 14.5. The second-order valence-electron chi connectivity index (χ2n) is 11.2. The Morgan fingerprint density at radius 3 is 2.53 bits per heavy atom. The third-order valence-corrected chi connectivity index (χ3v) is 9.88. The van der Waals surface area contributed by atoms with Crippen molar-refractivity contribution in [2.45, 2.75) is 36.8 Å². The third kappa shape index (κ3) is 8.36. The molecule has 4 aromatic rings. The van der Waals surface area contributed by atoms with Gasteiger partial charge in [0.1, 0.15) is 11.7 Å². The second-order valence-corrected chi connectivity index (χ2v) is 13.5. The molecule has 2 amide bonds. The minimum Gasteiger partial charge on any atom is -0.480 e. The molecule has 12 nitrogen and oxygen atoms in total. The predicted octanol–water partition coefficient (Wildman–Crippen LogP) is 3.35. The van der Waals surface area contributed by atoms with E-state index >= 15 is 0 Å². The summed E-state index contributed by atoms with van der Waals surface area (Å²) in [5.41, 5.74) is 2.87. The van der Waals surface area contributed by atoms with Crippen LogP contribution in [0.1, 0.15) is 50.5 Å². The van der Waals surface area contributed by atoms with Gasteiger partial charge in [0.15, 0.2) is 0 Å². The number of aliphatic hydroxyl groups excluding tert-OH is 1. The summed E-state index contributed by atoms with van der Waals surface area (Å²) in [5.74, 6) is 3.98. The number of amides is 2. The van der Waals surface area contributed by atoms with Crippen molar-refractivity contribution in [1.82, 2.24) is 19.7 Å². The van der Waals surface area contributed by atoms with Crippen molar-refractivity contribution in [3.63, 3.8) is 0 Å². The summed E-state index contributed by atoms with van der Waals surface area (Å²) in [6, 6.07) is 17.9. The van der Waals surface area contributed by atoms with Gasteiger partial charge in [0.05, 0.1) is 27.1 Å².